The number of nitrogens with one attached hydrogen (secondary N) is 1. The number of aldehydes is 1. The number of hydrogen-bond acceptors (Lipinski definition) is 3. The van der Waals surface area contributed by atoms with Crippen LogP contribution in [0.1, 0.15) is 42.3 Å². The fraction of sp³-hybridized carbons (Fsp3) is 0.467. The molecular weight excluding hydrogens is 242 g/mol. The SMILES string of the molecule is CC(C)(C)NC(=O)OC1Cc2ccc(C=O)cc2C1. The van der Waals surface area contributed by atoms with Crippen molar-refractivity contribution < 1.29 is 14.3 Å². The van der Waals surface area contributed by atoms with E-state index in [1.54, 1.807) is 6.07 Å². The van der Waals surface area contributed by atoms with Crippen LogP contribution in [0.2, 0.25) is 0 Å². The summed E-state index contributed by atoms with van der Waals surface area (Å²) in [5.41, 5.74) is 2.61. The maximum absolute atomic E-state index is 11.7. The number of hydrogen-bond donors (Lipinski definition) is 1. The van der Waals surface area contributed by atoms with Crippen molar-refractivity contribution in [3.8, 4) is 0 Å². The van der Waals surface area contributed by atoms with Crippen molar-refractivity contribution in [3.63, 3.8) is 0 Å². The summed E-state index contributed by atoms with van der Waals surface area (Å²) in [6.45, 7) is 5.73. The molecule has 0 radical (unpaired) electrons. The largest absolute Gasteiger partial charge is 0.446 e. The van der Waals surface area contributed by atoms with Gasteiger partial charge in [0, 0.05) is 23.9 Å². The minimum Gasteiger partial charge on any atom is -0.446 e. The minimum atomic E-state index is -0.388. The van der Waals surface area contributed by atoms with E-state index < -0.39 is 0 Å². The summed E-state index contributed by atoms with van der Waals surface area (Å²) in [6, 6.07) is 5.60. The van der Waals surface area contributed by atoms with E-state index in [9.17, 15) is 9.59 Å². The van der Waals surface area contributed by atoms with Gasteiger partial charge in [-0.25, -0.2) is 4.79 Å². The Morgan fingerprint density at radius 1 is 1.32 bits per heavy atom. The van der Waals surface area contributed by atoms with Crippen molar-refractivity contribution in [2.75, 3.05) is 0 Å². The Bertz CT molecular complexity index is 503. The van der Waals surface area contributed by atoms with E-state index in [0.717, 1.165) is 17.4 Å². The van der Waals surface area contributed by atoms with Crippen molar-refractivity contribution in [2.24, 2.45) is 0 Å². The third kappa shape index (κ3) is 3.56. The second-order valence-electron chi connectivity index (χ2n) is 5.96. The van der Waals surface area contributed by atoms with Gasteiger partial charge < -0.3 is 10.1 Å². The summed E-state index contributed by atoms with van der Waals surface area (Å²) in [6.07, 6.45) is 1.70. The van der Waals surface area contributed by atoms with Gasteiger partial charge in [0.25, 0.3) is 0 Å². The van der Waals surface area contributed by atoms with Gasteiger partial charge in [0.15, 0.2) is 0 Å². The maximum Gasteiger partial charge on any atom is 0.407 e. The van der Waals surface area contributed by atoms with E-state index in [-0.39, 0.29) is 17.7 Å². The number of carbonyl (C=O) groups excluding carboxylic acids is 2. The summed E-state index contributed by atoms with van der Waals surface area (Å²) < 4.78 is 5.40. The van der Waals surface area contributed by atoms with Crippen LogP contribution < -0.4 is 5.32 Å². The van der Waals surface area contributed by atoms with E-state index in [0.29, 0.717) is 18.4 Å². The topological polar surface area (TPSA) is 55.4 Å². The van der Waals surface area contributed by atoms with Gasteiger partial charge in [-0.05, 0) is 38.0 Å². The van der Waals surface area contributed by atoms with Gasteiger partial charge in [-0.2, -0.15) is 0 Å². The Morgan fingerprint density at radius 3 is 2.63 bits per heavy atom. The van der Waals surface area contributed by atoms with Crippen molar-refractivity contribution in [2.45, 2.75) is 45.3 Å². The maximum atomic E-state index is 11.7. The Hall–Kier alpha value is -1.84. The van der Waals surface area contributed by atoms with Gasteiger partial charge in [0.2, 0.25) is 0 Å². The van der Waals surface area contributed by atoms with Gasteiger partial charge in [-0.1, -0.05) is 12.1 Å². The molecule has 0 fully saturated rings. The average molecular weight is 261 g/mol. The number of rotatable bonds is 2. The summed E-state index contributed by atoms with van der Waals surface area (Å²) in [4.78, 5) is 22.4. The normalized spacial score (nSPS) is 17.7. The molecule has 0 saturated carbocycles. The first kappa shape index (κ1) is 13.6. The molecule has 0 aromatic heterocycles. The molecule has 1 N–H and O–H groups in total. The standard InChI is InChI=1S/C15H19NO3/c1-15(2,3)16-14(18)19-13-7-11-5-4-10(9-17)6-12(11)8-13/h4-6,9,13H,7-8H2,1-3H3,(H,16,18). The first-order valence-electron chi connectivity index (χ1n) is 6.43. The van der Waals surface area contributed by atoms with Crippen LogP contribution in [0.25, 0.3) is 0 Å². The number of ether oxygens (including phenoxy) is 1. The van der Waals surface area contributed by atoms with E-state index in [1.807, 2.05) is 32.9 Å². The third-order valence-electron chi connectivity index (χ3n) is 3.01. The molecule has 1 amide bonds. The van der Waals surface area contributed by atoms with E-state index in [1.165, 1.54) is 0 Å². The van der Waals surface area contributed by atoms with Crippen molar-refractivity contribution in [3.05, 3.63) is 34.9 Å². The molecule has 2 rings (SSSR count). The number of carbonyl (C=O) groups is 2. The highest BCUT2D eigenvalue weighted by molar-refractivity contribution is 5.75. The average Bonchev–Trinajstić information content (AvgIpc) is 2.66. The molecule has 1 aromatic carbocycles. The van der Waals surface area contributed by atoms with Crippen LogP contribution in [0.3, 0.4) is 0 Å². The molecular formula is C15H19NO3. The predicted octanol–water partition coefficient (Wildman–Crippen LogP) is 2.49. The first-order valence-corrected chi connectivity index (χ1v) is 6.43. The lowest BCUT2D eigenvalue weighted by atomic mass is 10.1. The summed E-state index contributed by atoms with van der Waals surface area (Å²) >= 11 is 0. The molecule has 1 aliphatic carbocycles. The Morgan fingerprint density at radius 2 is 2.00 bits per heavy atom. The van der Waals surface area contributed by atoms with Crippen LogP contribution in [-0.2, 0) is 17.6 Å². The molecule has 1 aromatic rings. The van der Waals surface area contributed by atoms with Gasteiger partial charge >= 0.3 is 6.09 Å². The van der Waals surface area contributed by atoms with Crippen LogP contribution in [0.5, 0.6) is 0 Å². The molecule has 102 valence electrons. The highest BCUT2D eigenvalue weighted by Crippen LogP contribution is 2.25. The van der Waals surface area contributed by atoms with Crippen molar-refractivity contribution in [1.29, 1.82) is 0 Å². The molecule has 4 heteroatoms. The molecule has 0 bridgehead atoms. The number of fused-ring (bicyclic) bond motifs is 1. The van der Waals surface area contributed by atoms with Crippen molar-refractivity contribution in [1.82, 2.24) is 5.32 Å². The van der Waals surface area contributed by atoms with Gasteiger partial charge in [-0.15, -0.1) is 0 Å². The molecule has 0 heterocycles. The number of benzene rings is 1. The fourth-order valence-electron chi connectivity index (χ4n) is 2.24. The van der Waals surface area contributed by atoms with Crippen LogP contribution in [0.4, 0.5) is 4.79 Å². The zero-order chi connectivity index (χ0) is 14.0. The number of amides is 1. The Labute approximate surface area is 113 Å². The molecule has 0 saturated heterocycles. The van der Waals surface area contributed by atoms with Crippen LogP contribution >= 0.6 is 0 Å². The molecule has 0 aliphatic heterocycles. The molecule has 1 unspecified atom stereocenters. The van der Waals surface area contributed by atoms with E-state index in [2.05, 4.69) is 5.32 Å². The highest BCUT2D eigenvalue weighted by Gasteiger charge is 2.26. The first-order chi connectivity index (χ1) is 8.87. The lowest BCUT2D eigenvalue weighted by Crippen LogP contribution is -2.42. The lowest BCUT2D eigenvalue weighted by molar-refractivity contribution is 0.0960. The smallest absolute Gasteiger partial charge is 0.407 e. The van der Waals surface area contributed by atoms with Crippen LogP contribution in [0.15, 0.2) is 18.2 Å². The van der Waals surface area contributed by atoms with E-state index in [4.69, 9.17) is 4.74 Å². The second kappa shape index (κ2) is 5.03. The monoisotopic (exact) mass is 261 g/mol. The molecule has 19 heavy (non-hydrogen) atoms. The molecule has 0 spiro atoms. The summed E-state index contributed by atoms with van der Waals surface area (Å²) in [7, 11) is 0. The molecule has 1 aliphatic rings. The van der Waals surface area contributed by atoms with E-state index >= 15 is 0 Å². The number of alkyl carbamates (subject to hydrolysis) is 1. The zero-order valence-electron chi connectivity index (χ0n) is 11.5. The van der Waals surface area contributed by atoms with Gasteiger partial charge in [0.1, 0.15) is 12.4 Å². The third-order valence-corrected chi connectivity index (χ3v) is 3.01. The zero-order valence-corrected chi connectivity index (χ0v) is 11.5. The van der Waals surface area contributed by atoms with Crippen molar-refractivity contribution >= 4 is 12.4 Å². The highest BCUT2D eigenvalue weighted by atomic mass is 16.6. The van der Waals surface area contributed by atoms with Gasteiger partial charge in [-0.3, -0.25) is 4.79 Å². The summed E-state index contributed by atoms with van der Waals surface area (Å²) in [5.74, 6) is 0. The predicted molar refractivity (Wildman–Crippen MR) is 72.4 cm³/mol. The van der Waals surface area contributed by atoms with Gasteiger partial charge in [0.05, 0.1) is 0 Å². The molecule has 1 atom stereocenters. The lowest BCUT2D eigenvalue weighted by Gasteiger charge is -2.21. The molecule has 4 nitrogen and oxygen atoms in total. The Kier molecular flexibility index (Phi) is 3.60. The van der Waals surface area contributed by atoms with Crippen LogP contribution in [0, 0.1) is 0 Å². The minimum absolute atomic E-state index is 0.140. The quantitative estimate of drug-likeness (QED) is 0.832. The summed E-state index contributed by atoms with van der Waals surface area (Å²) in [5, 5.41) is 2.78. The van der Waals surface area contributed by atoms with Crippen LogP contribution in [-0.4, -0.2) is 24.0 Å². The second-order valence-corrected chi connectivity index (χ2v) is 5.96. The Balaban J connectivity index is 1.97. The fourth-order valence-corrected chi connectivity index (χ4v) is 2.24.